The molecule has 0 aliphatic heterocycles. The van der Waals surface area contributed by atoms with Gasteiger partial charge in [0.2, 0.25) is 5.78 Å². The van der Waals surface area contributed by atoms with Gasteiger partial charge in [-0.25, -0.2) is 18.6 Å². The number of halogens is 5. The molecular formula is C18H17F5N2O4. The fourth-order valence-electron chi connectivity index (χ4n) is 3.05. The Hall–Kier alpha value is -2.85. The van der Waals surface area contributed by atoms with E-state index in [-0.39, 0.29) is 23.4 Å². The highest BCUT2D eigenvalue weighted by Crippen LogP contribution is 2.39. The first-order valence-electron chi connectivity index (χ1n) is 8.40. The Morgan fingerprint density at radius 1 is 1.10 bits per heavy atom. The van der Waals surface area contributed by atoms with Crippen LogP contribution in [0.4, 0.5) is 22.0 Å². The van der Waals surface area contributed by atoms with E-state index in [1.54, 1.807) is 13.8 Å². The van der Waals surface area contributed by atoms with Crippen molar-refractivity contribution in [3.63, 3.8) is 0 Å². The summed E-state index contributed by atoms with van der Waals surface area (Å²) in [4.78, 5) is 27.6. The molecule has 158 valence electrons. The Bertz CT molecular complexity index is 945. The number of carbonyl (C=O) groups excluding carboxylic acids is 1. The van der Waals surface area contributed by atoms with Crippen molar-refractivity contribution < 1.29 is 41.2 Å². The molecule has 2 aromatic rings. The van der Waals surface area contributed by atoms with Gasteiger partial charge in [0.1, 0.15) is 11.5 Å². The summed E-state index contributed by atoms with van der Waals surface area (Å²) in [6.07, 6.45) is -9.23. The van der Waals surface area contributed by atoms with Crippen molar-refractivity contribution in [1.82, 2.24) is 10.1 Å². The molecule has 6 nitrogen and oxygen atoms in total. The Labute approximate surface area is 161 Å². The van der Waals surface area contributed by atoms with Gasteiger partial charge in [-0.05, 0) is 31.7 Å². The predicted molar refractivity (Wildman–Crippen MR) is 89.1 cm³/mol. The summed E-state index contributed by atoms with van der Waals surface area (Å²) < 4.78 is 72.7. The first kappa shape index (κ1) is 22.4. The number of nitrogens with zero attached hydrogens (tertiary/aromatic N) is 2. The first-order valence-corrected chi connectivity index (χ1v) is 8.40. The van der Waals surface area contributed by atoms with E-state index >= 15 is 0 Å². The number of carbonyl (C=O) groups is 2. The van der Waals surface area contributed by atoms with Crippen LogP contribution in [0.25, 0.3) is 0 Å². The average Bonchev–Trinajstić information content (AvgIpc) is 2.90. The maximum absolute atomic E-state index is 13.7. The van der Waals surface area contributed by atoms with Gasteiger partial charge in [0, 0.05) is 0 Å². The maximum Gasteiger partial charge on any atom is 0.434 e. The quantitative estimate of drug-likeness (QED) is 0.535. The fourth-order valence-corrected chi connectivity index (χ4v) is 3.05. The highest BCUT2D eigenvalue weighted by Gasteiger charge is 2.43. The van der Waals surface area contributed by atoms with Crippen LogP contribution in [0.2, 0.25) is 0 Å². The van der Waals surface area contributed by atoms with Crippen molar-refractivity contribution in [2.75, 3.05) is 0 Å². The molecule has 0 saturated heterocycles. The molecule has 0 aliphatic rings. The minimum Gasteiger partial charge on any atom is -0.478 e. The number of carboxylic acid groups (broad SMARTS) is 1. The molecule has 0 atom stereocenters. The van der Waals surface area contributed by atoms with Gasteiger partial charge in [-0.1, -0.05) is 19.0 Å². The number of pyridine rings is 1. The molecule has 0 fully saturated rings. The predicted octanol–water partition coefficient (Wildman–Crippen LogP) is 4.77. The van der Waals surface area contributed by atoms with Crippen LogP contribution in [0.3, 0.4) is 0 Å². The number of ketones is 1. The van der Waals surface area contributed by atoms with E-state index in [9.17, 15) is 36.6 Å². The lowest BCUT2D eigenvalue weighted by molar-refractivity contribution is -0.141. The molecule has 0 saturated carbocycles. The van der Waals surface area contributed by atoms with Gasteiger partial charge >= 0.3 is 12.1 Å². The second kappa shape index (κ2) is 7.88. The minimum atomic E-state index is -5.28. The summed E-state index contributed by atoms with van der Waals surface area (Å²) in [5.41, 5.74) is -6.54. The molecule has 11 heteroatoms. The maximum atomic E-state index is 13.7. The smallest absolute Gasteiger partial charge is 0.434 e. The molecule has 0 spiro atoms. The number of carboxylic acids is 1. The standard InChI is InChI=1S/C18H17F5N2O4/c1-6(2)5-9-11(17(27)28)13(16(19)20)24-15(18(21,22)23)12(9)14(26)10-7(3)25-29-8(10)4/h6,16H,5H2,1-4H3,(H,27,28). The zero-order valence-corrected chi connectivity index (χ0v) is 15.8. The van der Waals surface area contributed by atoms with Gasteiger partial charge in [0.25, 0.3) is 6.43 Å². The normalized spacial score (nSPS) is 12.1. The second-order valence-electron chi connectivity index (χ2n) is 6.80. The zero-order valence-electron chi connectivity index (χ0n) is 15.8. The molecule has 2 aromatic heterocycles. The Kier molecular flexibility index (Phi) is 6.10. The van der Waals surface area contributed by atoms with Crippen molar-refractivity contribution in [3.8, 4) is 0 Å². The van der Waals surface area contributed by atoms with Gasteiger partial charge in [-0.15, -0.1) is 0 Å². The molecule has 2 rings (SSSR count). The van der Waals surface area contributed by atoms with E-state index < -0.39 is 58.4 Å². The highest BCUT2D eigenvalue weighted by atomic mass is 19.4. The molecule has 0 unspecified atom stereocenters. The first-order chi connectivity index (χ1) is 13.3. The molecule has 0 aromatic carbocycles. The number of aromatic nitrogens is 2. The van der Waals surface area contributed by atoms with Gasteiger partial charge in [0.05, 0.1) is 22.4 Å². The second-order valence-corrected chi connectivity index (χ2v) is 6.80. The van der Waals surface area contributed by atoms with Crippen LogP contribution in [-0.4, -0.2) is 27.0 Å². The van der Waals surface area contributed by atoms with Crippen molar-refractivity contribution >= 4 is 11.8 Å². The van der Waals surface area contributed by atoms with Gasteiger partial charge in [-0.2, -0.15) is 13.2 Å². The third kappa shape index (κ3) is 4.28. The lowest BCUT2D eigenvalue weighted by Crippen LogP contribution is -2.25. The Balaban J connectivity index is 3.04. The van der Waals surface area contributed by atoms with E-state index in [0.29, 0.717) is 0 Å². The van der Waals surface area contributed by atoms with Crippen molar-refractivity contribution in [2.45, 2.75) is 46.7 Å². The summed E-state index contributed by atoms with van der Waals surface area (Å²) in [5, 5.41) is 13.0. The van der Waals surface area contributed by atoms with E-state index in [1.807, 2.05) is 0 Å². The summed E-state index contributed by atoms with van der Waals surface area (Å²) >= 11 is 0. The van der Waals surface area contributed by atoms with E-state index in [4.69, 9.17) is 4.52 Å². The largest absolute Gasteiger partial charge is 0.478 e. The Morgan fingerprint density at radius 2 is 1.69 bits per heavy atom. The van der Waals surface area contributed by atoms with Crippen molar-refractivity contribution in [2.24, 2.45) is 5.92 Å². The molecule has 1 N–H and O–H groups in total. The highest BCUT2D eigenvalue weighted by molar-refractivity contribution is 6.13. The van der Waals surface area contributed by atoms with Crippen LogP contribution in [0.5, 0.6) is 0 Å². The lowest BCUT2D eigenvalue weighted by atomic mass is 9.87. The molecule has 0 bridgehead atoms. The number of aryl methyl sites for hydroxylation is 2. The monoisotopic (exact) mass is 420 g/mol. The number of aromatic carboxylic acids is 1. The molecule has 29 heavy (non-hydrogen) atoms. The number of hydrogen-bond donors (Lipinski definition) is 1. The molecule has 0 amide bonds. The number of hydrogen-bond acceptors (Lipinski definition) is 5. The van der Waals surface area contributed by atoms with Crippen LogP contribution in [0.15, 0.2) is 4.52 Å². The summed E-state index contributed by atoms with van der Waals surface area (Å²) in [5.74, 6) is -3.67. The topological polar surface area (TPSA) is 93.3 Å². The van der Waals surface area contributed by atoms with E-state index in [2.05, 4.69) is 10.1 Å². The Morgan fingerprint density at radius 3 is 2.07 bits per heavy atom. The lowest BCUT2D eigenvalue weighted by Gasteiger charge is -2.21. The number of alkyl halides is 5. The molecule has 2 heterocycles. The van der Waals surface area contributed by atoms with Crippen molar-refractivity contribution in [1.29, 1.82) is 0 Å². The van der Waals surface area contributed by atoms with Crippen LogP contribution in [0, 0.1) is 19.8 Å². The van der Waals surface area contributed by atoms with Gasteiger partial charge in [-0.3, -0.25) is 4.79 Å². The summed E-state index contributed by atoms with van der Waals surface area (Å²) in [6, 6.07) is 0. The van der Waals surface area contributed by atoms with E-state index in [0.717, 1.165) is 0 Å². The van der Waals surface area contributed by atoms with E-state index in [1.165, 1.54) is 13.8 Å². The summed E-state index contributed by atoms with van der Waals surface area (Å²) in [7, 11) is 0. The van der Waals surface area contributed by atoms with Crippen molar-refractivity contribution in [3.05, 3.63) is 45.1 Å². The molecular weight excluding hydrogens is 403 g/mol. The van der Waals surface area contributed by atoms with Gasteiger partial charge < -0.3 is 9.63 Å². The fraction of sp³-hybridized carbons (Fsp3) is 0.444. The van der Waals surface area contributed by atoms with Crippen LogP contribution < -0.4 is 0 Å². The third-order valence-corrected chi connectivity index (χ3v) is 4.12. The average molecular weight is 420 g/mol. The summed E-state index contributed by atoms with van der Waals surface area (Å²) in [6.45, 7) is 5.71. The van der Waals surface area contributed by atoms with Crippen LogP contribution >= 0.6 is 0 Å². The third-order valence-electron chi connectivity index (χ3n) is 4.12. The molecule has 0 aliphatic carbocycles. The van der Waals surface area contributed by atoms with Crippen LogP contribution in [-0.2, 0) is 12.6 Å². The number of rotatable bonds is 6. The van der Waals surface area contributed by atoms with Gasteiger partial charge in [0.15, 0.2) is 5.69 Å². The molecule has 0 radical (unpaired) electrons. The SMILES string of the molecule is Cc1noc(C)c1C(=O)c1c(C(F)(F)F)nc(C(F)F)c(C(=O)O)c1CC(C)C. The zero-order chi connectivity index (χ0) is 22.3. The van der Waals surface area contributed by atoms with Crippen LogP contribution in [0.1, 0.15) is 75.0 Å². The minimum absolute atomic E-state index is 0.0223.